The highest BCUT2D eigenvalue weighted by molar-refractivity contribution is 6.05. The van der Waals surface area contributed by atoms with Crippen molar-refractivity contribution in [1.82, 2.24) is 0 Å². The average Bonchev–Trinajstić information content (AvgIpc) is 3.09. The van der Waals surface area contributed by atoms with Crippen molar-refractivity contribution < 1.29 is 24.2 Å². The second-order valence-corrected chi connectivity index (χ2v) is 10.5. The highest BCUT2D eigenvalue weighted by Gasteiger charge is 2.37. The van der Waals surface area contributed by atoms with E-state index in [1.54, 1.807) is 0 Å². The van der Waals surface area contributed by atoms with Gasteiger partial charge in [0.25, 0.3) is 5.91 Å². The van der Waals surface area contributed by atoms with Gasteiger partial charge in [-0.3, -0.25) is 9.59 Å². The Kier molecular flexibility index (Phi) is 6.72. The van der Waals surface area contributed by atoms with Gasteiger partial charge in [-0.2, -0.15) is 0 Å². The van der Waals surface area contributed by atoms with E-state index >= 15 is 0 Å². The molecule has 2 aliphatic heterocycles. The zero-order valence-electron chi connectivity index (χ0n) is 20.7. The van der Waals surface area contributed by atoms with E-state index in [-0.39, 0.29) is 35.9 Å². The van der Waals surface area contributed by atoms with Gasteiger partial charge in [-0.05, 0) is 62.8 Å². The molecule has 2 aliphatic rings. The van der Waals surface area contributed by atoms with Crippen molar-refractivity contribution in [3.05, 3.63) is 58.1 Å². The fraction of sp³-hybridized carbons (Fsp3) is 0.500. The van der Waals surface area contributed by atoms with Crippen molar-refractivity contribution in [3.8, 4) is 5.75 Å². The molecule has 34 heavy (non-hydrogen) atoms. The molecule has 6 heteroatoms. The Bertz CT molecular complexity index is 1090. The third kappa shape index (κ3) is 4.97. The van der Waals surface area contributed by atoms with E-state index in [4.69, 9.17) is 9.47 Å². The molecule has 2 aromatic carbocycles. The molecule has 2 atom stereocenters. The van der Waals surface area contributed by atoms with Crippen molar-refractivity contribution in [3.63, 3.8) is 0 Å². The number of carbonyl (C=O) groups is 2. The van der Waals surface area contributed by atoms with Gasteiger partial charge in [-0.15, -0.1) is 0 Å². The molecule has 0 saturated carbocycles. The Morgan fingerprint density at radius 1 is 1.24 bits per heavy atom. The van der Waals surface area contributed by atoms with E-state index < -0.39 is 6.10 Å². The smallest absolute Gasteiger partial charge is 0.308 e. The van der Waals surface area contributed by atoms with Crippen LogP contribution in [0.15, 0.2) is 30.3 Å². The van der Waals surface area contributed by atoms with Crippen molar-refractivity contribution in [1.29, 1.82) is 0 Å². The Morgan fingerprint density at radius 3 is 2.59 bits per heavy atom. The minimum atomic E-state index is -0.657. The predicted octanol–water partition coefficient (Wildman–Crippen LogP) is 5.08. The molecule has 1 saturated heterocycles. The maximum atomic E-state index is 13.1. The van der Waals surface area contributed by atoms with E-state index in [2.05, 4.69) is 39.9 Å². The van der Waals surface area contributed by atoms with Gasteiger partial charge in [0.15, 0.2) is 0 Å². The second-order valence-electron chi connectivity index (χ2n) is 10.5. The maximum Gasteiger partial charge on any atom is 0.308 e. The van der Waals surface area contributed by atoms with Crippen molar-refractivity contribution in [2.75, 3.05) is 5.32 Å². The van der Waals surface area contributed by atoms with Crippen LogP contribution in [0.3, 0.4) is 0 Å². The van der Waals surface area contributed by atoms with Gasteiger partial charge in [0, 0.05) is 35.2 Å². The highest BCUT2D eigenvalue weighted by atomic mass is 16.5. The summed E-state index contributed by atoms with van der Waals surface area (Å²) in [7, 11) is 0. The molecule has 2 aromatic rings. The van der Waals surface area contributed by atoms with Gasteiger partial charge in [0.2, 0.25) is 0 Å². The minimum absolute atomic E-state index is 0.0562. The summed E-state index contributed by atoms with van der Waals surface area (Å²) in [6, 6.07) is 9.22. The number of rotatable bonds is 6. The molecule has 1 fully saturated rings. The zero-order valence-corrected chi connectivity index (χ0v) is 20.7. The van der Waals surface area contributed by atoms with E-state index in [0.29, 0.717) is 24.8 Å². The topological polar surface area (TPSA) is 84.9 Å². The second kappa shape index (κ2) is 9.41. The summed E-state index contributed by atoms with van der Waals surface area (Å²) in [5.74, 6) is 0.539. The number of aliphatic hydroxyl groups is 1. The number of anilines is 1. The molecule has 1 amide bonds. The summed E-state index contributed by atoms with van der Waals surface area (Å²) < 4.78 is 12.0. The standard InChI is InChI=1S/C28H35NO5/c1-16(2)24-21(12-11-20-13-19(30)14-23(31)33-20)26-22(15-28(4,5)34-26)17(3)25(24)29-27(32)18-9-7-6-8-10-18/h6-10,16,19-20,30H,11-15H2,1-5H3,(H,29,32)/t19-,20-/m0/s1. The van der Waals surface area contributed by atoms with E-state index in [1.807, 2.05) is 30.3 Å². The van der Waals surface area contributed by atoms with Crippen LogP contribution in [0.4, 0.5) is 5.69 Å². The van der Waals surface area contributed by atoms with E-state index in [0.717, 1.165) is 40.1 Å². The van der Waals surface area contributed by atoms with Crippen LogP contribution in [0.1, 0.15) is 85.5 Å². The first kappa shape index (κ1) is 24.3. The average molecular weight is 466 g/mol. The van der Waals surface area contributed by atoms with Crippen LogP contribution in [-0.4, -0.2) is 34.8 Å². The quantitative estimate of drug-likeness (QED) is 0.581. The number of cyclic esters (lactones) is 1. The van der Waals surface area contributed by atoms with Crippen molar-refractivity contribution in [2.45, 2.75) is 90.4 Å². The predicted molar refractivity (Wildman–Crippen MR) is 132 cm³/mol. The number of hydrogen-bond acceptors (Lipinski definition) is 5. The first-order valence-electron chi connectivity index (χ1n) is 12.2. The SMILES string of the molecule is Cc1c2c(c(CC[C@H]3C[C@H](O)CC(=O)O3)c(C(C)C)c1NC(=O)c1ccccc1)OC(C)(C)C2. The lowest BCUT2D eigenvalue weighted by Gasteiger charge is -2.28. The summed E-state index contributed by atoms with van der Waals surface area (Å²) in [6.07, 6.45) is 1.49. The van der Waals surface area contributed by atoms with Crippen LogP contribution in [0, 0.1) is 6.92 Å². The number of fused-ring (bicyclic) bond motifs is 1. The van der Waals surface area contributed by atoms with Crippen LogP contribution < -0.4 is 10.1 Å². The van der Waals surface area contributed by atoms with Gasteiger partial charge >= 0.3 is 5.97 Å². The molecule has 4 rings (SSSR count). The van der Waals surface area contributed by atoms with Crippen molar-refractivity contribution >= 4 is 17.6 Å². The van der Waals surface area contributed by atoms with Gasteiger partial charge < -0.3 is 19.9 Å². The Labute approximate surface area is 201 Å². The third-order valence-electron chi connectivity index (χ3n) is 6.75. The van der Waals surface area contributed by atoms with E-state index in [9.17, 15) is 14.7 Å². The van der Waals surface area contributed by atoms with Gasteiger partial charge in [-0.1, -0.05) is 32.0 Å². The highest BCUT2D eigenvalue weighted by Crippen LogP contribution is 2.48. The summed E-state index contributed by atoms with van der Waals surface area (Å²) in [5, 5.41) is 13.2. The fourth-order valence-corrected chi connectivity index (χ4v) is 5.22. The number of nitrogens with one attached hydrogen (secondary N) is 1. The molecular formula is C28H35NO5. The molecule has 0 spiro atoms. The minimum Gasteiger partial charge on any atom is -0.487 e. The number of hydrogen-bond donors (Lipinski definition) is 2. The Hall–Kier alpha value is -2.86. The molecular weight excluding hydrogens is 430 g/mol. The molecule has 0 aromatic heterocycles. The number of amides is 1. The van der Waals surface area contributed by atoms with Crippen LogP contribution in [-0.2, 0) is 22.4 Å². The first-order valence-corrected chi connectivity index (χ1v) is 12.2. The lowest BCUT2D eigenvalue weighted by molar-refractivity contribution is -0.160. The van der Waals surface area contributed by atoms with Crippen LogP contribution in [0.25, 0.3) is 0 Å². The molecule has 0 unspecified atom stereocenters. The molecule has 6 nitrogen and oxygen atoms in total. The largest absolute Gasteiger partial charge is 0.487 e. The summed E-state index contributed by atoms with van der Waals surface area (Å²) in [4.78, 5) is 25.0. The molecule has 0 radical (unpaired) electrons. The molecule has 182 valence electrons. The number of aliphatic hydroxyl groups excluding tert-OH is 1. The summed E-state index contributed by atoms with van der Waals surface area (Å²) in [5.41, 5.74) is 5.38. The Balaban J connectivity index is 1.74. The lowest BCUT2D eigenvalue weighted by atomic mass is 9.84. The number of carbonyl (C=O) groups excluding carboxylic acids is 2. The first-order chi connectivity index (χ1) is 16.1. The third-order valence-corrected chi connectivity index (χ3v) is 6.75. The molecule has 2 N–H and O–H groups in total. The fourth-order valence-electron chi connectivity index (χ4n) is 5.22. The van der Waals surface area contributed by atoms with Crippen molar-refractivity contribution in [2.24, 2.45) is 0 Å². The molecule has 0 bridgehead atoms. The monoisotopic (exact) mass is 465 g/mol. The van der Waals surface area contributed by atoms with Crippen LogP contribution in [0.5, 0.6) is 5.75 Å². The normalized spacial score (nSPS) is 21.1. The van der Waals surface area contributed by atoms with Gasteiger partial charge in [0.05, 0.1) is 12.5 Å². The van der Waals surface area contributed by atoms with Gasteiger partial charge in [0.1, 0.15) is 17.5 Å². The maximum absolute atomic E-state index is 13.1. The number of esters is 1. The zero-order chi connectivity index (χ0) is 24.6. The number of benzene rings is 2. The summed E-state index contributed by atoms with van der Waals surface area (Å²) >= 11 is 0. The molecule has 2 heterocycles. The van der Waals surface area contributed by atoms with E-state index in [1.165, 1.54) is 0 Å². The Morgan fingerprint density at radius 2 is 1.94 bits per heavy atom. The lowest BCUT2D eigenvalue weighted by Crippen LogP contribution is -2.33. The van der Waals surface area contributed by atoms with Crippen LogP contribution in [0.2, 0.25) is 0 Å². The summed E-state index contributed by atoms with van der Waals surface area (Å²) in [6.45, 7) is 10.4. The van der Waals surface area contributed by atoms with Gasteiger partial charge in [-0.25, -0.2) is 0 Å². The number of ether oxygens (including phenoxy) is 2. The van der Waals surface area contributed by atoms with Crippen LogP contribution >= 0.6 is 0 Å². The molecule has 0 aliphatic carbocycles.